The molecule has 1 saturated carbocycles. The lowest BCUT2D eigenvalue weighted by atomic mass is 9.73. The largest absolute Gasteiger partial charge is 0.477 e. The van der Waals surface area contributed by atoms with Crippen LogP contribution in [0.3, 0.4) is 0 Å². The summed E-state index contributed by atoms with van der Waals surface area (Å²) in [6, 6.07) is -0.540. The number of carboxylic acids is 1. The molecule has 5 aliphatic rings. The van der Waals surface area contributed by atoms with Crippen LogP contribution in [0.25, 0.3) is 0 Å². The molecular weight excluding hydrogens is 546 g/mol. The maximum Gasteiger partial charge on any atom is 0.353 e. The zero-order valence-corrected chi connectivity index (χ0v) is 24.5. The average molecular weight is 586 g/mol. The number of fused-ring (bicyclic) bond motifs is 1. The molecule has 1 aromatic rings. The smallest absolute Gasteiger partial charge is 0.353 e. The molecule has 2 N–H and O–H groups in total. The summed E-state index contributed by atoms with van der Waals surface area (Å²) in [4.78, 5) is 56.2. The number of likely N-dealkylation sites (tertiary alicyclic amines) is 1. The van der Waals surface area contributed by atoms with Crippen molar-refractivity contribution in [2.45, 2.75) is 101 Å². The number of amides is 2. The van der Waals surface area contributed by atoms with Gasteiger partial charge in [0.05, 0.1) is 18.0 Å². The summed E-state index contributed by atoms with van der Waals surface area (Å²) >= 11 is 1.51. The van der Waals surface area contributed by atoms with Crippen LogP contribution in [0.15, 0.2) is 16.9 Å². The Morgan fingerprint density at radius 1 is 1.20 bits per heavy atom. The number of thioether (sulfide) groups is 1. The van der Waals surface area contributed by atoms with Crippen LogP contribution in [-0.4, -0.2) is 94.6 Å². The van der Waals surface area contributed by atoms with E-state index in [2.05, 4.69) is 25.7 Å². The first-order valence-electron chi connectivity index (χ1n) is 14.9. The summed E-state index contributed by atoms with van der Waals surface area (Å²) in [5, 5.41) is 24.4. The molecule has 41 heavy (non-hydrogen) atoms. The van der Waals surface area contributed by atoms with Crippen LogP contribution < -0.4 is 5.32 Å². The SMILES string of the molecule is C[C@@H](CC(=O)Cn1cnnn1)[C@H]1C(=O)N2C(C(=O)O)=C(SC3CN[C@H](C(=O)N4CCCC45CCCCC5)C3)[C@H](C)[C@H]12. The first kappa shape index (κ1) is 28.3. The number of nitrogens with zero attached hydrogens (tertiary/aromatic N) is 6. The molecule has 1 aromatic heterocycles. The molecule has 4 fully saturated rings. The number of rotatable bonds is 9. The highest BCUT2D eigenvalue weighted by Gasteiger charge is 2.60. The van der Waals surface area contributed by atoms with Crippen molar-refractivity contribution >= 4 is 35.3 Å². The van der Waals surface area contributed by atoms with Gasteiger partial charge in [0.2, 0.25) is 11.8 Å². The van der Waals surface area contributed by atoms with Gasteiger partial charge in [-0.05, 0) is 48.4 Å². The molecular formula is C28H39N7O5S. The molecule has 6 atom stereocenters. The number of Topliss-reactive ketones (excluding diaryl/α,β-unsaturated/α-hetero) is 1. The fourth-order valence-corrected chi connectivity index (χ4v) is 9.59. The molecule has 12 nitrogen and oxygen atoms in total. The van der Waals surface area contributed by atoms with Crippen LogP contribution in [-0.2, 0) is 25.7 Å². The van der Waals surface area contributed by atoms with E-state index < -0.39 is 11.9 Å². The predicted octanol–water partition coefficient (Wildman–Crippen LogP) is 1.83. The van der Waals surface area contributed by atoms with Crippen LogP contribution in [0, 0.1) is 17.8 Å². The summed E-state index contributed by atoms with van der Waals surface area (Å²) in [7, 11) is 0. The molecule has 1 aliphatic carbocycles. The lowest BCUT2D eigenvalue weighted by Crippen LogP contribution is -2.62. The number of aliphatic carboxylic acids is 1. The van der Waals surface area contributed by atoms with Crippen molar-refractivity contribution in [2.24, 2.45) is 17.8 Å². The Kier molecular flexibility index (Phi) is 7.68. The molecule has 222 valence electrons. The number of β-lactam (4-membered cyclic amide) rings is 1. The first-order chi connectivity index (χ1) is 19.7. The zero-order chi connectivity index (χ0) is 28.9. The Morgan fingerprint density at radius 2 is 1.95 bits per heavy atom. The standard InChI is InChI=1S/C28H39N7O5S/c1-16(11-18(36)14-33-15-30-31-32-33)21-22-17(2)24(23(27(39)40)35(22)26(21)38)41-19-12-20(29-13-19)25(37)34-10-6-9-28(34)7-4-3-5-8-28/h15-17,19-22,29H,3-14H2,1-2H3,(H,39,40)/t16-,17+,19?,20-,21+,22+/m0/s1. The van der Waals surface area contributed by atoms with E-state index in [1.54, 1.807) is 0 Å². The Labute approximate surface area is 243 Å². The molecule has 0 aromatic carbocycles. The van der Waals surface area contributed by atoms with Gasteiger partial charge in [-0.2, -0.15) is 0 Å². The predicted molar refractivity (Wildman–Crippen MR) is 149 cm³/mol. The number of hydrogen-bond acceptors (Lipinski definition) is 9. The van der Waals surface area contributed by atoms with Crippen molar-refractivity contribution < 1.29 is 24.3 Å². The van der Waals surface area contributed by atoms with Gasteiger partial charge in [-0.15, -0.1) is 16.9 Å². The number of carbonyl (C=O) groups excluding carboxylic acids is 3. The van der Waals surface area contributed by atoms with E-state index in [1.165, 1.54) is 46.9 Å². The third-order valence-electron chi connectivity index (χ3n) is 10.0. The summed E-state index contributed by atoms with van der Waals surface area (Å²) in [6.07, 6.45) is 10.2. The number of tetrazole rings is 1. The monoisotopic (exact) mass is 585 g/mol. The fourth-order valence-electron chi connectivity index (χ4n) is 8.11. The van der Waals surface area contributed by atoms with Crippen molar-refractivity contribution in [3.05, 3.63) is 16.9 Å². The lowest BCUT2D eigenvalue weighted by molar-refractivity contribution is -0.160. The first-order valence-corrected chi connectivity index (χ1v) is 15.8. The number of carbonyl (C=O) groups is 4. The number of ketones is 1. The van der Waals surface area contributed by atoms with Gasteiger partial charge in [0.1, 0.15) is 18.6 Å². The number of hydrogen-bond donors (Lipinski definition) is 2. The highest BCUT2D eigenvalue weighted by atomic mass is 32.2. The van der Waals surface area contributed by atoms with Gasteiger partial charge in [0.15, 0.2) is 5.78 Å². The van der Waals surface area contributed by atoms with E-state index >= 15 is 0 Å². The molecule has 0 bridgehead atoms. The number of aromatic nitrogens is 4. The highest BCUT2D eigenvalue weighted by molar-refractivity contribution is 8.03. The van der Waals surface area contributed by atoms with Crippen molar-refractivity contribution in [3.63, 3.8) is 0 Å². The van der Waals surface area contributed by atoms with Crippen LogP contribution in [0.5, 0.6) is 0 Å². The van der Waals surface area contributed by atoms with Crippen molar-refractivity contribution in [3.8, 4) is 0 Å². The second kappa shape index (κ2) is 11.1. The quantitative estimate of drug-likeness (QED) is 0.411. The molecule has 13 heteroatoms. The zero-order valence-electron chi connectivity index (χ0n) is 23.7. The minimum atomic E-state index is -1.11. The Hall–Kier alpha value is -2.80. The molecule has 0 radical (unpaired) electrons. The number of carboxylic acid groups (broad SMARTS) is 1. The second-order valence-electron chi connectivity index (χ2n) is 12.6. The van der Waals surface area contributed by atoms with Crippen molar-refractivity contribution in [2.75, 3.05) is 13.1 Å². The Morgan fingerprint density at radius 3 is 2.66 bits per heavy atom. The highest BCUT2D eigenvalue weighted by Crippen LogP contribution is 2.53. The third kappa shape index (κ3) is 4.98. The van der Waals surface area contributed by atoms with Crippen LogP contribution in [0.1, 0.15) is 71.6 Å². The van der Waals surface area contributed by atoms with Crippen molar-refractivity contribution in [1.29, 1.82) is 0 Å². The van der Waals surface area contributed by atoms with Gasteiger partial charge in [0.25, 0.3) is 0 Å². The van der Waals surface area contributed by atoms with E-state index in [0.29, 0.717) is 17.9 Å². The molecule has 1 unspecified atom stereocenters. The summed E-state index contributed by atoms with van der Waals surface area (Å²) in [5.41, 5.74) is 0.101. The average Bonchev–Trinajstić information content (AvgIpc) is 3.73. The Bertz CT molecular complexity index is 1250. The van der Waals surface area contributed by atoms with Gasteiger partial charge >= 0.3 is 5.97 Å². The maximum atomic E-state index is 13.7. The van der Waals surface area contributed by atoms with Gasteiger partial charge in [-0.1, -0.05) is 33.1 Å². The van der Waals surface area contributed by atoms with E-state index in [0.717, 1.165) is 32.2 Å². The normalized spacial score (nSPS) is 31.5. The molecule has 4 aliphatic heterocycles. The van der Waals surface area contributed by atoms with Gasteiger partial charge in [0, 0.05) is 41.1 Å². The third-order valence-corrected chi connectivity index (χ3v) is 11.5. The fraction of sp³-hybridized carbons (Fsp3) is 0.750. The minimum Gasteiger partial charge on any atom is -0.477 e. The number of nitrogens with one attached hydrogen (secondary N) is 1. The summed E-state index contributed by atoms with van der Waals surface area (Å²) in [6.45, 7) is 5.35. The second-order valence-corrected chi connectivity index (χ2v) is 13.9. The summed E-state index contributed by atoms with van der Waals surface area (Å²) < 4.78 is 1.35. The lowest BCUT2D eigenvalue weighted by Gasteiger charge is -2.47. The van der Waals surface area contributed by atoms with Crippen molar-refractivity contribution in [1.82, 2.24) is 35.3 Å². The van der Waals surface area contributed by atoms with E-state index in [-0.39, 0.29) is 71.0 Å². The molecule has 6 rings (SSSR count). The van der Waals surface area contributed by atoms with E-state index in [4.69, 9.17) is 0 Å². The van der Waals surface area contributed by atoms with Gasteiger partial charge < -0.3 is 20.2 Å². The van der Waals surface area contributed by atoms with Crippen LogP contribution in [0.4, 0.5) is 0 Å². The van der Waals surface area contributed by atoms with Gasteiger partial charge in [-0.3, -0.25) is 14.4 Å². The van der Waals surface area contributed by atoms with Crippen LogP contribution >= 0.6 is 11.8 Å². The maximum absolute atomic E-state index is 13.7. The molecule has 2 amide bonds. The van der Waals surface area contributed by atoms with Gasteiger partial charge in [-0.25, -0.2) is 9.48 Å². The Balaban J connectivity index is 1.10. The molecule has 3 saturated heterocycles. The van der Waals surface area contributed by atoms with E-state index in [1.807, 2.05) is 13.8 Å². The molecule has 1 spiro atoms. The van der Waals surface area contributed by atoms with E-state index in [9.17, 15) is 24.3 Å². The van der Waals surface area contributed by atoms with Crippen LogP contribution in [0.2, 0.25) is 0 Å². The minimum absolute atomic E-state index is 0.0350. The summed E-state index contributed by atoms with van der Waals surface area (Å²) in [5.74, 6) is -2.05. The topological polar surface area (TPSA) is 151 Å². The molecule has 5 heterocycles.